The fourth-order valence-electron chi connectivity index (χ4n) is 4.03. The van der Waals surface area contributed by atoms with Crippen molar-refractivity contribution in [3.63, 3.8) is 0 Å². The maximum atomic E-state index is 12.1. The van der Waals surface area contributed by atoms with Crippen LogP contribution in [0.2, 0.25) is 5.02 Å². The summed E-state index contributed by atoms with van der Waals surface area (Å²) in [6.07, 6.45) is 0.750. The van der Waals surface area contributed by atoms with Gasteiger partial charge in [0.25, 0.3) is 0 Å². The van der Waals surface area contributed by atoms with Gasteiger partial charge in [-0.2, -0.15) is 0 Å². The second-order valence-electron chi connectivity index (χ2n) is 8.39. The molecule has 1 aromatic heterocycles. The molecule has 7 heteroatoms. The van der Waals surface area contributed by atoms with Gasteiger partial charge in [0.1, 0.15) is 6.04 Å². The number of hydrogen-bond donors (Lipinski definition) is 3. The van der Waals surface area contributed by atoms with E-state index in [1.54, 1.807) is 17.4 Å². The smallest absolute Gasteiger partial charge is 0.321 e. The van der Waals surface area contributed by atoms with Gasteiger partial charge in [0, 0.05) is 31.7 Å². The summed E-state index contributed by atoms with van der Waals surface area (Å²) in [5, 5.41) is 15.9. The van der Waals surface area contributed by atoms with E-state index in [0.29, 0.717) is 5.02 Å². The zero-order valence-electron chi connectivity index (χ0n) is 15.5. The van der Waals surface area contributed by atoms with Crippen LogP contribution in [0.3, 0.4) is 0 Å². The number of thiophene rings is 1. The number of carboxylic acids is 1. The average molecular weight is 472 g/mol. The van der Waals surface area contributed by atoms with E-state index in [-0.39, 0.29) is 11.5 Å². The molecular weight excluding hydrogens is 448 g/mol. The largest absolute Gasteiger partial charge is 0.480 e. The Morgan fingerprint density at radius 1 is 1.41 bits per heavy atom. The number of carboxylic acid groups (broad SMARTS) is 1. The zero-order chi connectivity index (χ0) is 20.0. The molecule has 3 rings (SSSR count). The first-order valence-electron chi connectivity index (χ1n) is 8.80. The van der Waals surface area contributed by atoms with Gasteiger partial charge in [-0.05, 0) is 51.5 Å². The van der Waals surface area contributed by atoms with Crippen molar-refractivity contribution in [1.29, 1.82) is 0 Å². The Morgan fingerprint density at radius 2 is 2.11 bits per heavy atom. The summed E-state index contributed by atoms with van der Waals surface area (Å²) in [7, 11) is 0. The summed E-state index contributed by atoms with van der Waals surface area (Å²) in [6, 6.07) is 8.40. The number of nitrogens with one attached hydrogen (secondary N) is 1. The van der Waals surface area contributed by atoms with Crippen LogP contribution >= 0.6 is 38.9 Å². The third kappa shape index (κ3) is 4.10. The zero-order valence-corrected chi connectivity index (χ0v) is 18.7. The van der Waals surface area contributed by atoms with Crippen LogP contribution in [0.15, 0.2) is 40.2 Å². The monoisotopic (exact) mass is 470 g/mol. The molecule has 1 aliphatic rings. The molecule has 2 aromatic rings. The SMILES string of the molecule is CC(C)(C)C[C@@H]1N[C@@H](C(=O)O)[C@H](c2cccc(Cl)c2)[C@@]1(N)c1cc(Br)cs1. The average Bonchev–Trinajstić information content (AvgIpc) is 3.09. The van der Waals surface area contributed by atoms with Gasteiger partial charge in [-0.3, -0.25) is 10.1 Å². The summed E-state index contributed by atoms with van der Waals surface area (Å²) in [4.78, 5) is 13.1. The third-order valence-corrected chi connectivity index (χ3v) is 7.18. The summed E-state index contributed by atoms with van der Waals surface area (Å²) in [5.41, 5.74) is 7.08. The van der Waals surface area contributed by atoms with Crippen molar-refractivity contribution in [3.8, 4) is 0 Å². The van der Waals surface area contributed by atoms with Gasteiger partial charge in [-0.15, -0.1) is 11.3 Å². The Hall–Kier alpha value is -0.920. The second kappa shape index (κ2) is 7.48. The van der Waals surface area contributed by atoms with Crippen LogP contribution in [-0.4, -0.2) is 23.2 Å². The van der Waals surface area contributed by atoms with Crippen molar-refractivity contribution in [2.24, 2.45) is 11.1 Å². The molecule has 0 unspecified atom stereocenters. The Labute approximate surface area is 177 Å². The highest BCUT2D eigenvalue weighted by Crippen LogP contribution is 2.50. The molecule has 1 fully saturated rings. The van der Waals surface area contributed by atoms with Gasteiger partial charge < -0.3 is 10.8 Å². The Balaban J connectivity index is 2.19. The molecule has 1 aromatic carbocycles. The predicted molar refractivity (Wildman–Crippen MR) is 114 cm³/mol. The first kappa shape index (κ1) is 20.8. The van der Waals surface area contributed by atoms with E-state index in [4.69, 9.17) is 17.3 Å². The van der Waals surface area contributed by atoms with Crippen molar-refractivity contribution >= 4 is 44.8 Å². The highest BCUT2D eigenvalue weighted by Gasteiger charge is 2.57. The quantitative estimate of drug-likeness (QED) is 0.589. The molecule has 0 saturated carbocycles. The molecule has 0 radical (unpaired) electrons. The van der Waals surface area contributed by atoms with Crippen LogP contribution in [0.5, 0.6) is 0 Å². The van der Waals surface area contributed by atoms with Gasteiger partial charge in [0.2, 0.25) is 0 Å². The molecule has 2 heterocycles. The number of aliphatic carboxylic acids is 1. The minimum atomic E-state index is -0.901. The first-order chi connectivity index (χ1) is 12.5. The highest BCUT2D eigenvalue weighted by molar-refractivity contribution is 9.10. The highest BCUT2D eigenvalue weighted by atomic mass is 79.9. The first-order valence-corrected chi connectivity index (χ1v) is 10.8. The maximum absolute atomic E-state index is 12.1. The lowest BCUT2D eigenvalue weighted by Gasteiger charge is -2.38. The van der Waals surface area contributed by atoms with Crippen LogP contribution < -0.4 is 11.1 Å². The molecule has 146 valence electrons. The third-order valence-electron chi connectivity index (χ3n) is 5.09. The van der Waals surface area contributed by atoms with E-state index in [2.05, 4.69) is 42.0 Å². The lowest BCUT2D eigenvalue weighted by atomic mass is 9.71. The van der Waals surface area contributed by atoms with E-state index < -0.39 is 23.5 Å². The summed E-state index contributed by atoms with van der Waals surface area (Å²) < 4.78 is 0.949. The molecule has 1 saturated heterocycles. The second-order valence-corrected chi connectivity index (χ2v) is 10.7. The molecule has 4 nitrogen and oxygen atoms in total. The summed E-state index contributed by atoms with van der Waals surface area (Å²) in [6.45, 7) is 6.42. The minimum absolute atomic E-state index is 0.0109. The molecule has 0 spiro atoms. The predicted octanol–water partition coefficient (Wildman–Crippen LogP) is 4.96. The minimum Gasteiger partial charge on any atom is -0.480 e. The van der Waals surface area contributed by atoms with E-state index in [1.165, 1.54) is 0 Å². The fraction of sp³-hybridized carbons (Fsp3) is 0.450. The van der Waals surface area contributed by atoms with Gasteiger partial charge in [0.15, 0.2) is 0 Å². The Bertz CT molecular complexity index is 851. The maximum Gasteiger partial charge on any atom is 0.321 e. The molecule has 1 aliphatic heterocycles. The van der Waals surface area contributed by atoms with E-state index in [0.717, 1.165) is 21.3 Å². The van der Waals surface area contributed by atoms with Gasteiger partial charge >= 0.3 is 5.97 Å². The van der Waals surface area contributed by atoms with Crippen LogP contribution in [0.25, 0.3) is 0 Å². The number of nitrogens with two attached hydrogens (primary N) is 1. The van der Waals surface area contributed by atoms with Crippen molar-refractivity contribution in [2.75, 3.05) is 0 Å². The summed E-state index contributed by atoms with van der Waals surface area (Å²) in [5.74, 6) is -1.34. The van der Waals surface area contributed by atoms with Crippen molar-refractivity contribution in [3.05, 3.63) is 55.6 Å². The number of hydrogen-bond acceptors (Lipinski definition) is 4. The topological polar surface area (TPSA) is 75.3 Å². The number of rotatable bonds is 4. The molecule has 0 aliphatic carbocycles. The number of carbonyl (C=O) groups is 1. The van der Waals surface area contributed by atoms with Crippen LogP contribution in [0.1, 0.15) is 43.6 Å². The molecule has 0 amide bonds. The van der Waals surface area contributed by atoms with Crippen LogP contribution in [0.4, 0.5) is 0 Å². The van der Waals surface area contributed by atoms with Crippen LogP contribution in [-0.2, 0) is 10.3 Å². The lowest BCUT2D eigenvalue weighted by Crippen LogP contribution is -2.51. The van der Waals surface area contributed by atoms with Crippen LogP contribution in [0, 0.1) is 5.41 Å². The number of benzene rings is 1. The molecule has 4 N–H and O–H groups in total. The number of halogens is 2. The van der Waals surface area contributed by atoms with Crippen molar-refractivity contribution in [1.82, 2.24) is 5.32 Å². The van der Waals surface area contributed by atoms with E-state index in [1.807, 2.05) is 29.6 Å². The standard InChI is InChI=1S/C20H24BrClN2O2S/c1-19(2,3)9-14-20(23,15-8-12(21)10-27-15)16(17(24-14)18(25)26)11-5-4-6-13(22)7-11/h4-8,10,14,16-17,24H,9,23H2,1-3H3,(H,25,26)/t14-,16-,17+,20-/m0/s1. The molecule has 4 atom stereocenters. The van der Waals surface area contributed by atoms with E-state index in [9.17, 15) is 9.90 Å². The van der Waals surface area contributed by atoms with Gasteiger partial charge in [-0.25, -0.2) is 0 Å². The lowest BCUT2D eigenvalue weighted by molar-refractivity contribution is -0.139. The van der Waals surface area contributed by atoms with E-state index >= 15 is 0 Å². The molecular formula is C20H24BrClN2O2S. The van der Waals surface area contributed by atoms with Crippen molar-refractivity contribution < 1.29 is 9.90 Å². The summed E-state index contributed by atoms with van der Waals surface area (Å²) >= 11 is 11.3. The van der Waals surface area contributed by atoms with Crippen molar-refractivity contribution in [2.45, 2.75) is 50.7 Å². The van der Waals surface area contributed by atoms with Gasteiger partial charge in [0.05, 0.1) is 5.54 Å². The molecule has 27 heavy (non-hydrogen) atoms. The normalized spacial score (nSPS) is 28.4. The Morgan fingerprint density at radius 3 is 2.63 bits per heavy atom. The Kier molecular flexibility index (Phi) is 5.77. The van der Waals surface area contributed by atoms with Gasteiger partial charge in [-0.1, -0.05) is 44.5 Å². The fourth-order valence-corrected chi connectivity index (χ4v) is 5.87. The molecule has 0 bridgehead atoms.